The molecule has 0 saturated heterocycles. The van der Waals surface area contributed by atoms with Crippen LogP contribution in [0.1, 0.15) is 26.7 Å². The Bertz CT molecular complexity index is 234. The topological polar surface area (TPSA) is 70.1 Å². The Labute approximate surface area is 92.0 Å². The second-order valence-corrected chi connectivity index (χ2v) is 4.08. The third-order valence-corrected chi connectivity index (χ3v) is 2.41. The van der Waals surface area contributed by atoms with E-state index >= 15 is 0 Å². The lowest BCUT2D eigenvalue weighted by molar-refractivity contribution is -0.134. The molecule has 0 spiro atoms. The Morgan fingerprint density at radius 3 is 2.60 bits per heavy atom. The highest BCUT2D eigenvalue weighted by molar-refractivity contribution is 5.78. The van der Waals surface area contributed by atoms with Crippen LogP contribution in [0.4, 0.5) is 0 Å². The zero-order valence-electron chi connectivity index (χ0n) is 9.86. The quantitative estimate of drug-likeness (QED) is 0.712. The lowest BCUT2D eigenvalue weighted by atomic mass is 10.0. The van der Waals surface area contributed by atoms with Crippen LogP contribution in [-0.4, -0.2) is 30.9 Å². The van der Waals surface area contributed by atoms with E-state index in [1.54, 1.807) is 11.9 Å². The first-order chi connectivity index (χ1) is 7.02. The van der Waals surface area contributed by atoms with Gasteiger partial charge >= 0.3 is 0 Å². The van der Waals surface area contributed by atoms with E-state index in [2.05, 4.69) is 6.07 Å². The van der Waals surface area contributed by atoms with Gasteiger partial charge < -0.3 is 10.6 Å². The molecule has 0 aliphatic carbocycles. The molecule has 2 N–H and O–H groups in total. The lowest BCUT2D eigenvalue weighted by Gasteiger charge is -2.22. The standard InChI is InChI=1S/C11H21N3O/c1-9(7-13)8-14(3)11(15)10(2)5-4-6-12/h9-10H,4-6,8,12H2,1-3H3. The third kappa shape index (κ3) is 5.38. The van der Waals surface area contributed by atoms with Gasteiger partial charge in [0.05, 0.1) is 12.0 Å². The van der Waals surface area contributed by atoms with Gasteiger partial charge in [-0.3, -0.25) is 4.79 Å². The number of nitrogens with two attached hydrogens (primary N) is 1. The molecule has 0 radical (unpaired) electrons. The fraction of sp³-hybridized carbons (Fsp3) is 0.818. The van der Waals surface area contributed by atoms with Crippen LogP contribution in [0.5, 0.6) is 0 Å². The smallest absolute Gasteiger partial charge is 0.225 e. The molecule has 0 bridgehead atoms. The van der Waals surface area contributed by atoms with Crippen LogP contribution in [0.25, 0.3) is 0 Å². The predicted molar refractivity (Wildman–Crippen MR) is 59.9 cm³/mol. The molecule has 0 rings (SSSR count). The lowest BCUT2D eigenvalue weighted by Crippen LogP contribution is -2.34. The Hall–Kier alpha value is -1.08. The Kier molecular flexibility index (Phi) is 6.72. The summed E-state index contributed by atoms with van der Waals surface area (Å²) >= 11 is 0. The molecule has 0 heterocycles. The molecule has 0 fully saturated rings. The first-order valence-corrected chi connectivity index (χ1v) is 5.37. The molecule has 0 aromatic rings. The molecule has 0 aliphatic rings. The number of carbonyl (C=O) groups excluding carboxylic acids is 1. The summed E-state index contributed by atoms with van der Waals surface area (Å²) in [7, 11) is 1.75. The molecular weight excluding hydrogens is 190 g/mol. The van der Waals surface area contributed by atoms with Crippen LogP contribution in [0.2, 0.25) is 0 Å². The number of hydrogen-bond donors (Lipinski definition) is 1. The van der Waals surface area contributed by atoms with Crippen molar-refractivity contribution in [3.8, 4) is 6.07 Å². The summed E-state index contributed by atoms with van der Waals surface area (Å²) in [6.45, 7) is 4.85. The average Bonchev–Trinajstić information content (AvgIpc) is 2.24. The van der Waals surface area contributed by atoms with Gasteiger partial charge in [-0.25, -0.2) is 0 Å². The van der Waals surface area contributed by atoms with E-state index in [0.717, 1.165) is 12.8 Å². The molecule has 15 heavy (non-hydrogen) atoms. The van der Waals surface area contributed by atoms with Gasteiger partial charge in [-0.15, -0.1) is 0 Å². The maximum Gasteiger partial charge on any atom is 0.225 e. The highest BCUT2D eigenvalue weighted by Gasteiger charge is 2.18. The second kappa shape index (κ2) is 7.24. The van der Waals surface area contributed by atoms with Gasteiger partial charge in [-0.05, 0) is 26.3 Å². The normalized spacial score (nSPS) is 14.1. The molecule has 1 amide bonds. The zero-order valence-corrected chi connectivity index (χ0v) is 9.86. The van der Waals surface area contributed by atoms with Crippen molar-refractivity contribution in [2.24, 2.45) is 17.6 Å². The first-order valence-electron chi connectivity index (χ1n) is 5.37. The van der Waals surface area contributed by atoms with E-state index in [9.17, 15) is 4.79 Å². The first kappa shape index (κ1) is 13.9. The maximum absolute atomic E-state index is 11.8. The van der Waals surface area contributed by atoms with Crippen LogP contribution in [0.3, 0.4) is 0 Å². The number of nitrogens with zero attached hydrogens (tertiary/aromatic N) is 2. The summed E-state index contributed by atoms with van der Waals surface area (Å²) in [6.07, 6.45) is 1.69. The van der Waals surface area contributed by atoms with Gasteiger partial charge in [0, 0.05) is 19.5 Å². The molecule has 0 aromatic carbocycles. The van der Waals surface area contributed by atoms with Crippen LogP contribution in [0, 0.1) is 23.2 Å². The summed E-state index contributed by atoms with van der Waals surface area (Å²) in [5.41, 5.74) is 5.39. The molecular formula is C11H21N3O. The third-order valence-electron chi connectivity index (χ3n) is 2.41. The van der Waals surface area contributed by atoms with Crippen molar-refractivity contribution in [2.45, 2.75) is 26.7 Å². The average molecular weight is 211 g/mol. The van der Waals surface area contributed by atoms with Crippen LogP contribution in [-0.2, 0) is 4.79 Å². The van der Waals surface area contributed by atoms with E-state index in [0.29, 0.717) is 13.1 Å². The van der Waals surface area contributed by atoms with Gasteiger partial charge in [0.2, 0.25) is 5.91 Å². The fourth-order valence-electron chi connectivity index (χ4n) is 1.47. The summed E-state index contributed by atoms with van der Waals surface area (Å²) < 4.78 is 0. The molecule has 2 atom stereocenters. The molecule has 4 nitrogen and oxygen atoms in total. The SMILES string of the molecule is CC(C#N)CN(C)C(=O)C(C)CCCN. The minimum absolute atomic E-state index is 0.00411. The Morgan fingerprint density at radius 1 is 1.53 bits per heavy atom. The predicted octanol–water partition coefficient (Wildman–Crippen LogP) is 0.979. The van der Waals surface area contributed by atoms with E-state index in [1.165, 1.54) is 0 Å². The van der Waals surface area contributed by atoms with Gasteiger partial charge in [-0.1, -0.05) is 6.92 Å². The van der Waals surface area contributed by atoms with Crippen molar-refractivity contribution in [3.63, 3.8) is 0 Å². The van der Waals surface area contributed by atoms with Gasteiger partial charge in [0.15, 0.2) is 0 Å². The second-order valence-electron chi connectivity index (χ2n) is 4.08. The van der Waals surface area contributed by atoms with Crippen LogP contribution in [0.15, 0.2) is 0 Å². The fourth-order valence-corrected chi connectivity index (χ4v) is 1.47. The number of carbonyl (C=O) groups is 1. The summed E-state index contributed by atoms with van der Waals surface area (Å²) in [4.78, 5) is 13.4. The summed E-state index contributed by atoms with van der Waals surface area (Å²) in [5, 5.41) is 8.64. The van der Waals surface area contributed by atoms with E-state index in [-0.39, 0.29) is 17.7 Å². The highest BCUT2D eigenvalue weighted by atomic mass is 16.2. The van der Waals surface area contributed by atoms with Gasteiger partial charge in [0.1, 0.15) is 0 Å². The monoisotopic (exact) mass is 211 g/mol. The summed E-state index contributed by atoms with van der Waals surface area (Å²) in [5.74, 6) is -0.00403. The minimum atomic E-state index is -0.111. The maximum atomic E-state index is 11.8. The molecule has 2 unspecified atom stereocenters. The van der Waals surface area contributed by atoms with Crippen LogP contribution < -0.4 is 5.73 Å². The van der Waals surface area contributed by atoms with Crippen molar-refractivity contribution in [1.82, 2.24) is 4.90 Å². The van der Waals surface area contributed by atoms with Crippen molar-refractivity contribution in [2.75, 3.05) is 20.1 Å². The number of hydrogen-bond acceptors (Lipinski definition) is 3. The van der Waals surface area contributed by atoms with E-state index in [1.807, 2.05) is 13.8 Å². The zero-order chi connectivity index (χ0) is 11.8. The highest BCUT2D eigenvalue weighted by Crippen LogP contribution is 2.09. The number of nitriles is 1. The Morgan fingerprint density at radius 2 is 2.13 bits per heavy atom. The number of amides is 1. The van der Waals surface area contributed by atoms with Gasteiger partial charge in [-0.2, -0.15) is 5.26 Å². The molecule has 4 heteroatoms. The van der Waals surface area contributed by atoms with Crippen LogP contribution >= 0.6 is 0 Å². The largest absolute Gasteiger partial charge is 0.344 e. The van der Waals surface area contributed by atoms with Crippen molar-refractivity contribution in [3.05, 3.63) is 0 Å². The number of rotatable bonds is 6. The summed E-state index contributed by atoms with van der Waals surface area (Å²) in [6, 6.07) is 2.12. The molecule has 0 aliphatic heterocycles. The molecule has 0 aromatic heterocycles. The van der Waals surface area contributed by atoms with Gasteiger partial charge in [0.25, 0.3) is 0 Å². The van der Waals surface area contributed by atoms with E-state index in [4.69, 9.17) is 11.0 Å². The van der Waals surface area contributed by atoms with Crippen molar-refractivity contribution < 1.29 is 4.79 Å². The molecule has 0 saturated carbocycles. The van der Waals surface area contributed by atoms with E-state index < -0.39 is 0 Å². The molecule has 86 valence electrons. The minimum Gasteiger partial charge on any atom is -0.344 e. The van der Waals surface area contributed by atoms with Crippen molar-refractivity contribution >= 4 is 5.91 Å². The van der Waals surface area contributed by atoms with Crippen molar-refractivity contribution in [1.29, 1.82) is 5.26 Å². The Balaban J connectivity index is 4.02.